The molecule has 0 aromatic heterocycles. The molecule has 6 nitrogen and oxygen atoms in total. The Hall–Kier alpha value is -0.860. The molecule has 0 N–H and O–H groups in total. The fourth-order valence-electron chi connectivity index (χ4n) is 2.93. The SMILES string of the molecule is C=CCN1C(=NC(=O)[C@H]2CCCO2)S[C@H]2CS(=O)(=O)C[C@@H]21. The summed E-state index contributed by atoms with van der Waals surface area (Å²) in [6.07, 6.45) is 2.87. The number of amidine groups is 1. The van der Waals surface area contributed by atoms with Gasteiger partial charge in [-0.1, -0.05) is 17.8 Å². The Bertz CT molecular complexity index is 581. The highest BCUT2D eigenvalue weighted by atomic mass is 32.2. The number of nitrogens with zero attached hydrogens (tertiary/aromatic N) is 2. The van der Waals surface area contributed by atoms with Crippen LogP contribution < -0.4 is 0 Å². The first-order chi connectivity index (χ1) is 10.00. The fraction of sp³-hybridized carbons (Fsp3) is 0.692. The number of rotatable bonds is 3. The monoisotopic (exact) mass is 330 g/mol. The van der Waals surface area contributed by atoms with Gasteiger partial charge in [-0.15, -0.1) is 6.58 Å². The van der Waals surface area contributed by atoms with Gasteiger partial charge in [-0.3, -0.25) is 4.79 Å². The lowest BCUT2D eigenvalue weighted by molar-refractivity contribution is -0.126. The summed E-state index contributed by atoms with van der Waals surface area (Å²) in [4.78, 5) is 18.2. The topological polar surface area (TPSA) is 76.0 Å². The number of amides is 1. The molecule has 3 aliphatic heterocycles. The summed E-state index contributed by atoms with van der Waals surface area (Å²) >= 11 is 1.39. The summed E-state index contributed by atoms with van der Waals surface area (Å²) in [7, 11) is -2.99. The van der Waals surface area contributed by atoms with E-state index >= 15 is 0 Å². The van der Waals surface area contributed by atoms with Gasteiger partial charge in [0.15, 0.2) is 15.0 Å². The Kier molecular flexibility index (Phi) is 4.11. The van der Waals surface area contributed by atoms with E-state index < -0.39 is 15.9 Å². The highest BCUT2D eigenvalue weighted by Crippen LogP contribution is 2.38. The molecule has 1 amide bonds. The molecule has 0 spiro atoms. The van der Waals surface area contributed by atoms with E-state index in [1.54, 1.807) is 6.08 Å². The molecular formula is C13H18N2O4S2. The molecule has 3 heterocycles. The van der Waals surface area contributed by atoms with Gasteiger partial charge in [0.25, 0.3) is 5.91 Å². The molecule has 3 rings (SSSR count). The maximum absolute atomic E-state index is 12.1. The quantitative estimate of drug-likeness (QED) is 0.699. The molecule has 0 aromatic rings. The number of hydrogen-bond acceptors (Lipinski definition) is 5. The molecule has 0 bridgehead atoms. The number of carbonyl (C=O) groups excluding carboxylic acids is 1. The average Bonchev–Trinajstić information content (AvgIpc) is 3.08. The van der Waals surface area contributed by atoms with Crippen molar-refractivity contribution in [2.75, 3.05) is 24.7 Å². The summed E-state index contributed by atoms with van der Waals surface area (Å²) < 4.78 is 28.8. The second-order valence-electron chi connectivity index (χ2n) is 5.48. The number of aliphatic imine (C=N–C) groups is 1. The molecule has 3 atom stereocenters. The van der Waals surface area contributed by atoms with Crippen molar-refractivity contribution < 1.29 is 17.9 Å². The largest absolute Gasteiger partial charge is 0.368 e. The third-order valence-corrected chi connectivity index (χ3v) is 7.16. The number of carbonyl (C=O) groups is 1. The maximum Gasteiger partial charge on any atom is 0.277 e. The summed E-state index contributed by atoms with van der Waals surface area (Å²) in [6, 6.07) is -0.103. The molecule has 3 aliphatic rings. The molecule has 3 fully saturated rings. The molecule has 21 heavy (non-hydrogen) atoms. The molecule has 116 valence electrons. The van der Waals surface area contributed by atoms with Crippen molar-refractivity contribution >= 4 is 32.7 Å². The highest BCUT2D eigenvalue weighted by Gasteiger charge is 2.48. The van der Waals surface area contributed by atoms with Crippen molar-refractivity contribution in [1.82, 2.24) is 4.90 Å². The number of fused-ring (bicyclic) bond motifs is 1. The molecule has 0 radical (unpaired) electrons. The summed E-state index contributed by atoms with van der Waals surface area (Å²) in [5.74, 6) is 0.0290. The minimum absolute atomic E-state index is 0.0361. The van der Waals surface area contributed by atoms with Gasteiger partial charge >= 0.3 is 0 Å². The van der Waals surface area contributed by atoms with Crippen molar-refractivity contribution in [3.8, 4) is 0 Å². The van der Waals surface area contributed by atoms with Gasteiger partial charge in [-0.25, -0.2) is 8.42 Å². The second kappa shape index (κ2) is 5.73. The highest BCUT2D eigenvalue weighted by molar-refractivity contribution is 8.15. The van der Waals surface area contributed by atoms with Crippen LogP contribution in [0.4, 0.5) is 0 Å². The van der Waals surface area contributed by atoms with E-state index in [2.05, 4.69) is 11.6 Å². The summed E-state index contributed by atoms with van der Waals surface area (Å²) in [5, 5.41) is 0.575. The van der Waals surface area contributed by atoms with Gasteiger partial charge in [0.2, 0.25) is 0 Å². The van der Waals surface area contributed by atoms with Crippen LogP contribution in [0, 0.1) is 0 Å². The molecule has 3 saturated heterocycles. The average molecular weight is 330 g/mol. The first-order valence-corrected chi connectivity index (χ1v) is 9.69. The van der Waals surface area contributed by atoms with Gasteiger partial charge in [0, 0.05) is 18.4 Å². The lowest BCUT2D eigenvalue weighted by Crippen LogP contribution is -2.38. The third-order valence-electron chi connectivity index (χ3n) is 3.91. The fourth-order valence-corrected chi connectivity index (χ4v) is 6.89. The van der Waals surface area contributed by atoms with E-state index in [0.717, 1.165) is 6.42 Å². The third kappa shape index (κ3) is 3.02. The Morgan fingerprint density at radius 2 is 2.33 bits per heavy atom. The van der Waals surface area contributed by atoms with Crippen molar-refractivity contribution in [2.45, 2.75) is 30.2 Å². The summed E-state index contributed by atoms with van der Waals surface area (Å²) in [6.45, 7) is 4.81. The van der Waals surface area contributed by atoms with Gasteiger partial charge in [0.1, 0.15) is 6.10 Å². The molecule has 0 unspecified atom stereocenters. The Morgan fingerprint density at radius 3 is 3.00 bits per heavy atom. The minimum Gasteiger partial charge on any atom is -0.368 e. The maximum atomic E-state index is 12.1. The van der Waals surface area contributed by atoms with E-state index in [9.17, 15) is 13.2 Å². The predicted molar refractivity (Wildman–Crippen MR) is 82.1 cm³/mol. The standard InChI is InChI=1S/C13H18N2O4S2/c1-2-5-15-9-7-21(17,18)8-11(9)20-13(15)14-12(16)10-4-3-6-19-10/h2,9-11H,1,3-8H2/t9-,10+,11-/m0/s1. The van der Waals surface area contributed by atoms with Crippen molar-refractivity contribution in [2.24, 2.45) is 4.99 Å². The van der Waals surface area contributed by atoms with Gasteiger partial charge in [-0.2, -0.15) is 4.99 Å². The molecular weight excluding hydrogens is 312 g/mol. The smallest absolute Gasteiger partial charge is 0.277 e. The van der Waals surface area contributed by atoms with E-state index in [4.69, 9.17) is 4.74 Å². The first-order valence-electron chi connectivity index (χ1n) is 6.99. The van der Waals surface area contributed by atoms with Gasteiger partial charge in [-0.05, 0) is 12.8 Å². The van der Waals surface area contributed by atoms with E-state index in [0.29, 0.717) is 24.7 Å². The zero-order valence-corrected chi connectivity index (χ0v) is 13.2. The van der Waals surface area contributed by atoms with Crippen LogP contribution in [0.25, 0.3) is 0 Å². The van der Waals surface area contributed by atoms with E-state index in [-0.39, 0.29) is 28.7 Å². The predicted octanol–water partition coefficient (Wildman–Crippen LogP) is 0.448. The summed E-state index contributed by atoms with van der Waals surface area (Å²) in [5.41, 5.74) is 0. The van der Waals surface area contributed by atoms with Crippen LogP contribution in [-0.2, 0) is 19.4 Å². The molecule has 0 saturated carbocycles. The zero-order chi connectivity index (χ0) is 15.0. The molecule has 0 aromatic carbocycles. The van der Waals surface area contributed by atoms with E-state index in [1.807, 2.05) is 4.90 Å². The lowest BCUT2D eigenvalue weighted by atomic mass is 10.2. The van der Waals surface area contributed by atoms with Crippen LogP contribution in [0.1, 0.15) is 12.8 Å². The van der Waals surface area contributed by atoms with E-state index in [1.165, 1.54) is 11.8 Å². The molecule has 8 heteroatoms. The van der Waals surface area contributed by atoms with Gasteiger partial charge in [0.05, 0.1) is 17.5 Å². The van der Waals surface area contributed by atoms with Crippen molar-refractivity contribution in [1.29, 1.82) is 0 Å². The van der Waals surface area contributed by atoms with Crippen LogP contribution >= 0.6 is 11.8 Å². The van der Waals surface area contributed by atoms with Crippen molar-refractivity contribution in [3.05, 3.63) is 12.7 Å². The number of ether oxygens (including phenoxy) is 1. The Balaban J connectivity index is 1.79. The minimum atomic E-state index is -2.99. The number of hydrogen-bond donors (Lipinski definition) is 0. The number of thioether (sulfide) groups is 1. The number of sulfone groups is 1. The van der Waals surface area contributed by atoms with Gasteiger partial charge < -0.3 is 9.64 Å². The lowest BCUT2D eigenvalue weighted by Gasteiger charge is -2.22. The first kappa shape index (κ1) is 15.1. The normalized spacial score (nSPS) is 36.1. The Morgan fingerprint density at radius 1 is 1.52 bits per heavy atom. The van der Waals surface area contributed by atoms with Crippen LogP contribution in [0.3, 0.4) is 0 Å². The van der Waals surface area contributed by atoms with Crippen LogP contribution in [-0.4, -0.2) is 66.4 Å². The Labute approximate surface area is 128 Å². The van der Waals surface area contributed by atoms with Crippen LogP contribution in [0.2, 0.25) is 0 Å². The van der Waals surface area contributed by atoms with Crippen LogP contribution in [0.15, 0.2) is 17.6 Å². The van der Waals surface area contributed by atoms with Crippen LogP contribution in [0.5, 0.6) is 0 Å². The second-order valence-corrected chi connectivity index (χ2v) is 8.84. The zero-order valence-electron chi connectivity index (χ0n) is 11.6. The molecule has 0 aliphatic carbocycles. The van der Waals surface area contributed by atoms with Crippen molar-refractivity contribution in [3.63, 3.8) is 0 Å².